The highest BCUT2D eigenvalue weighted by Gasteiger charge is 2.22. The molecule has 0 atom stereocenters. The number of aryl methyl sites for hydroxylation is 1. The molecule has 0 aliphatic carbocycles. The third kappa shape index (κ3) is 4.01. The largest absolute Gasteiger partial charge is 0.492 e. The average molecular weight is 334 g/mol. The first-order chi connectivity index (χ1) is 10.8. The topological polar surface area (TPSA) is 68.3 Å². The average Bonchev–Trinajstić information content (AvgIpc) is 2.50. The summed E-state index contributed by atoms with van der Waals surface area (Å²) >= 11 is 0. The lowest BCUT2D eigenvalue weighted by Gasteiger charge is -2.15. The molecule has 1 N–H and O–H groups in total. The van der Waals surface area contributed by atoms with Crippen molar-refractivity contribution in [1.82, 2.24) is 4.98 Å². The minimum atomic E-state index is -3.78. The maximum absolute atomic E-state index is 12.8. The fraction of sp³-hybridized carbons (Fsp3) is 0.353. The van der Waals surface area contributed by atoms with Crippen molar-refractivity contribution in [2.24, 2.45) is 0 Å². The van der Waals surface area contributed by atoms with E-state index in [9.17, 15) is 8.42 Å². The Morgan fingerprint density at radius 1 is 1.26 bits per heavy atom. The lowest BCUT2D eigenvalue weighted by Crippen LogP contribution is -2.16. The molecule has 1 aromatic carbocycles. The lowest BCUT2D eigenvalue weighted by atomic mass is 10.0. The van der Waals surface area contributed by atoms with Gasteiger partial charge in [0.05, 0.1) is 6.61 Å². The quantitative estimate of drug-likeness (QED) is 0.874. The van der Waals surface area contributed by atoms with E-state index in [-0.39, 0.29) is 10.8 Å². The van der Waals surface area contributed by atoms with Crippen LogP contribution in [-0.4, -0.2) is 20.0 Å². The number of hydrogen-bond donors (Lipinski definition) is 1. The lowest BCUT2D eigenvalue weighted by molar-refractivity contribution is 0.331. The molecule has 0 saturated heterocycles. The molecular formula is C17H22N2O3S. The van der Waals surface area contributed by atoms with Gasteiger partial charge in [-0.3, -0.25) is 4.72 Å². The van der Waals surface area contributed by atoms with Crippen LogP contribution in [0.3, 0.4) is 0 Å². The van der Waals surface area contributed by atoms with Gasteiger partial charge in [0.1, 0.15) is 16.5 Å². The molecule has 0 saturated carbocycles. The molecule has 1 aromatic heterocycles. The highest BCUT2D eigenvalue weighted by Crippen LogP contribution is 2.30. The number of nitrogens with one attached hydrogen (secondary N) is 1. The number of ether oxygens (including phenoxy) is 1. The molecular weight excluding hydrogens is 312 g/mol. The zero-order chi connectivity index (χ0) is 17.0. The molecule has 0 fully saturated rings. The highest BCUT2D eigenvalue weighted by atomic mass is 32.2. The Labute approximate surface area is 137 Å². The van der Waals surface area contributed by atoms with Gasteiger partial charge in [-0.05, 0) is 49.1 Å². The summed E-state index contributed by atoms with van der Waals surface area (Å²) in [6.45, 7) is 8.05. The molecule has 1 heterocycles. The zero-order valence-electron chi connectivity index (χ0n) is 13.8. The van der Waals surface area contributed by atoms with E-state index in [0.717, 1.165) is 11.1 Å². The Hall–Kier alpha value is -2.08. The van der Waals surface area contributed by atoms with E-state index in [4.69, 9.17) is 4.74 Å². The summed E-state index contributed by atoms with van der Waals surface area (Å²) < 4.78 is 33.6. The Kier molecular flexibility index (Phi) is 5.26. The van der Waals surface area contributed by atoms with Crippen LogP contribution in [0.15, 0.2) is 41.4 Å². The second-order valence-corrected chi connectivity index (χ2v) is 7.22. The van der Waals surface area contributed by atoms with Crippen LogP contribution >= 0.6 is 0 Å². The Balaban J connectivity index is 2.49. The number of rotatable bonds is 6. The second-order valence-electron chi connectivity index (χ2n) is 5.57. The molecule has 6 heteroatoms. The van der Waals surface area contributed by atoms with Crippen molar-refractivity contribution in [3.63, 3.8) is 0 Å². The number of anilines is 1. The first-order valence-electron chi connectivity index (χ1n) is 7.56. The number of sulfonamides is 1. The zero-order valence-corrected chi connectivity index (χ0v) is 14.6. The van der Waals surface area contributed by atoms with Gasteiger partial charge >= 0.3 is 0 Å². The molecule has 0 radical (unpaired) electrons. The molecule has 0 aliphatic heterocycles. The van der Waals surface area contributed by atoms with Crippen molar-refractivity contribution in [2.75, 3.05) is 11.3 Å². The van der Waals surface area contributed by atoms with Crippen molar-refractivity contribution in [3.05, 3.63) is 47.7 Å². The summed E-state index contributed by atoms with van der Waals surface area (Å²) in [5.74, 6) is 0.888. The van der Waals surface area contributed by atoms with E-state index >= 15 is 0 Å². The Morgan fingerprint density at radius 3 is 2.61 bits per heavy atom. The third-order valence-electron chi connectivity index (χ3n) is 3.46. The number of benzene rings is 1. The van der Waals surface area contributed by atoms with Crippen molar-refractivity contribution in [2.45, 2.75) is 38.5 Å². The van der Waals surface area contributed by atoms with Crippen LogP contribution < -0.4 is 9.46 Å². The van der Waals surface area contributed by atoms with E-state index in [0.29, 0.717) is 18.2 Å². The number of aromatic nitrogens is 1. The SMILES string of the molecule is CCOc1ccc(C(C)C)cc1S(=O)(=O)Nc1ncccc1C. The first kappa shape index (κ1) is 17.3. The standard InChI is InChI=1S/C17H22N2O3S/c1-5-22-15-9-8-14(12(2)3)11-16(15)23(20,21)19-17-13(4)7-6-10-18-17/h6-12H,5H2,1-4H3,(H,18,19). The van der Waals surface area contributed by atoms with Gasteiger partial charge in [-0.1, -0.05) is 26.0 Å². The summed E-state index contributed by atoms with van der Waals surface area (Å²) in [7, 11) is -3.78. The number of hydrogen-bond acceptors (Lipinski definition) is 4. The van der Waals surface area contributed by atoms with E-state index in [1.54, 1.807) is 37.4 Å². The van der Waals surface area contributed by atoms with Crippen LogP contribution in [0, 0.1) is 6.92 Å². The summed E-state index contributed by atoms with van der Waals surface area (Å²) in [6, 6.07) is 8.83. The monoisotopic (exact) mass is 334 g/mol. The summed E-state index contributed by atoms with van der Waals surface area (Å²) in [5, 5.41) is 0. The smallest absolute Gasteiger partial charge is 0.266 e. The molecule has 0 spiro atoms. The molecule has 0 aliphatic rings. The van der Waals surface area contributed by atoms with Crippen LogP contribution in [0.4, 0.5) is 5.82 Å². The van der Waals surface area contributed by atoms with Gasteiger partial charge in [0.25, 0.3) is 10.0 Å². The molecule has 0 unspecified atom stereocenters. The maximum atomic E-state index is 12.8. The van der Waals surface area contributed by atoms with Crippen molar-refractivity contribution in [1.29, 1.82) is 0 Å². The van der Waals surface area contributed by atoms with Crippen LogP contribution in [-0.2, 0) is 10.0 Å². The van der Waals surface area contributed by atoms with Crippen LogP contribution in [0.2, 0.25) is 0 Å². The predicted octanol–water partition coefficient (Wildman–Crippen LogP) is 3.71. The second kappa shape index (κ2) is 7.00. The number of nitrogens with zero attached hydrogens (tertiary/aromatic N) is 1. The maximum Gasteiger partial charge on any atom is 0.266 e. The Bertz CT molecular complexity index is 786. The van der Waals surface area contributed by atoms with Gasteiger partial charge in [0, 0.05) is 6.20 Å². The van der Waals surface area contributed by atoms with E-state index in [2.05, 4.69) is 9.71 Å². The van der Waals surface area contributed by atoms with Gasteiger partial charge in [0.2, 0.25) is 0 Å². The molecule has 124 valence electrons. The van der Waals surface area contributed by atoms with E-state index in [1.165, 1.54) is 0 Å². The fourth-order valence-corrected chi connectivity index (χ4v) is 3.40. The molecule has 0 amide bonds. The van der Waals surface area contributed by atoms with Gasteiger partial charge in [0.15, 0.2) is 0 Å². The number of pyridine rings is 1. The normalized spacial score (nSPS) is 11.5. The molecule has 2 aromatic rings. The van der Waals surface area contributed by atoms with Crippen LogP contribution in [0.1, 0.15) is 37.8 Å². The van der Waals surface area contributed by atoms with E-state index < -0.39 is 10.0 Å². The van der Waals surface area contributed by atoms with Gasteiger partial charge in [-0.15, -0.1) is 0 Å². The Morgan fingerprint density at radius 2 is 2.00 bits per heavy atom. The third-order valence-corrected chi connectivity index (χ3v) is 4.82. The van der Waals surface area contributed by atoms with Crippen LogP contribution in [0.5, 0.6) is 5.75 Å². The van der Waals surface area contributed by atoms with E-state index in [1.807, 2.05) is 26.8 Å². The van der Waals surface area contributed by atoms with Crippen molar-refractivity contribution in [3.8, 4) is 5.75 Å². The predicted molar refractivity (Wildman–Crippen MR) is 91.5 cm³/mol. The summed E-state index contributed by atoms with van der Waals surface area (Å²) in [5.41, 5.74) is 1.70. The minimum Gasteiger partial charge on any atom is -0.492 e. The fourth-order valence-electron chi connectivity index (χ4n) is 2.14. The minimum absolute atomic E-state index is 0.135. The first-order valence-corrected chi connectivity index (χ1v) is 9.04. The summed E-state index contributed by atoms with van der Waals surface area (Å²) in [4.78, 5) is 4.23. The van der Waals surface area contributed by atoms with Gasteiger partial charge < -0.3 is 4.74 Å². The molecule has 0 bridgehead atoms. The van der Waals surface area contributed by atoms with Crippen LogP contribution in [0.25, 0.3) is 0 Å². The highest BCUT2D eigenvalue weighted by molar-refractivity contribution is 7.92. The molecule has 5 nitrogen and oxygen atoms in total. The summed E-state index contributed by atoms with van der Waals surface area (Å²) in [6.07, 6.45) is 1.55. The molecule has 2 rings (SSSR count). The van der Waals surface area contributed by atoms with Gasteiger partial charge in [-0.2, -0.15) is 0 Å². The van der Waals surface area contributed by atoms with Crippen molar-refractivity contribution < 1.29 is 13.2 Å². The van der Waals surface area contributed by atoms with Crippen molar-refractivity contribution >= 4 is 15.8 Å². The van der Waals surface area contributed by atoms with Gasteiger partial charge in [-0.25, -0.2) is 13.4 Å². The molecule has 23 heavy (non-hydrogen) atoms.